The average molecular weight is 412 g/mol. The number of aromatic nitrogens is 1. The van der Waals surface area contributed by atoms with Crippen LogP contribution in [0.1, 0.15) is 18.9 Å². The number of alkyl halides is 3. The number of pyridine rings is 1. The number of carboxylic acid groups (broad SMARTS) is 1. The van der Waals surface area contributed by atoms with Crippen LogP contribution in [0.3, 0.4) is 0 Å². The van der Waals surface area contributed by atoms with Crippen LogP contribution in [0.25, 0.3) is 0 Å². The quantitative estimate of drug-likeness (QED) is 0.779. The number of nitrogens with one attached hydrogen (secondary N) is 1. The molecular formula is C13H13BrF3N3O4. The van der Waals surface area contributed by atoms with Gasteiger partial charge in [-0.1, -0.05) is 0 Å². The van der Waals surface area contributed by atoms with Crippen LogP contribution in [0, 0.1) is 0 Å². The molecule has 2 N–H and O–H groups in total. The Morgan fingerprint density at radius 1 is 1.58 bits per heavy atom. The van der Waals surface area contributed by atoms with Gasteiger partial charge in [-0.3, -0.25) is 0 Å². The zero-order valence-corrected chi connectivity index (χ0v) is 14.1. The van der Waals surface area contributed by atoms with Crippen LogP contribution in [0.4, 0.5) is 18.0 Å². The summed E-state index contributed by atoms with van der Waals surface area (Å²) in [4.78, 5) is 18.0. The molecule has 1 aliphatic heterocycles. The second-order valence-corrected chi connectivity index (χ2v) is 6.08. The molecule has 0 radical (unpaired) electrons. The molecule has 2 atom stereocenters. The van der Waals surface area contributed by atoms with Gasteiger partial charge in [-0.15, -0.1) is 0 Å². The SMILES string of the molecule is COc1ncc(Br)cc1[C@]1(C)C[C@@H](C(F)(F)F)N=C(NC(=O)O)O1. The molecule has 0 unspecified atom stereocenters. The smallest absolute Gasteiger partial charge is 0.412 e. The van der Waals surface area contributed by atoms with Crippen molar-refractivity contribution in [3.8, 4) is 5.88 Å². The Labute approximate surface area is 143 Å². The molecule has 11 heteroatoms. The molecule has 2 heterocycles. The third-order valence-electron chi connectivity index (χ3n) is 3.35. The van der Waals surface area contributed by atoms with E-state index in [0.717, 1.165) is 0 Å². The zero-order valence-electron chi connectivity index (χ0n) is 12.5. The molecule has 24 heavy (non-hydrogen) atoms. The van der Waals surface area contributed by atoms with E-state index >= 15 is 0 Å². The van der Waals surface area contributed by atoms with Crippen molar-refractivity contribution in [1.82, 2.24) is 10.3 Å². The third kappa shape index (κ3) is 3.89. The first-order valence-corrected chi connectivity index (χ1v) is 7.38. The number of hydrogen-bond donors (Lipinski definition) is 2. The molecule has 1 aliphatic rings. The van der Waals surface area contributed by atoms with E-state index in [4.69, 9.17) is 14.6 Å². The average Bonchev–Trinajstić information content (AvgIpc) is 2.45. The second-order valence-electron chi connectivity index (χ2n) is 5.17. The Morgan fingerprint density at radius 3 is 2.79 bits per heavy atom. The maximum absolute atomic E-state index is 13.2. The van der Waals surface area contributed by atoms with Gasteiger partial charge >= 0.3 is 12.3 Å². The predicted molar refractivity (Wildman–Crippen MR) is 80.0 cm³/mol. The fourth-order valence-electron chi connectivity index (χ4n) is 2.31. The lowest BCUT2D eigenvalue weighted by atomic mass is 9.88. The predicted octanol–water partition coefficient (Wildman–Crippen LogP) is 3.04. The Balaban J connectivity index is 2.51. The molecule has 132 valence electrons. The summed E-state index contributed by atoms with van der Waals surface area (Å²) >= 11 is 3.19. The summed E-state index contributed by atoms with van der Waals surface area (Å²) in [5.74, 6) is 0.0678. The summed E-state index contributed by atoms with van der Waals surface area (Å²) in [6, 6.07) is -1.37. The van der Waals surface area contributed by atoms with Crippen molar-refractivity contribution in [2.45, 2.75) is 31.2 Å². The van der Waals surface area contributed by atoms with Gasteiger partial charge in [0.15, 0.2) is 6.04 Å². The number of aliphatic imine (C=N–C) groups is 1. The number of amidine groups is 1. The van der Waals surface area contributed by atoms with E-state index in [2.05, 4.69) is 25.9 Å². The number of amides is 1. The molecule has 1 aromatic heterocycles. The molecule has 0 saturated heterocycles. The topological polar surface area (TPSA) is 93.0 Å². The first-order valence-electron chi connectivity index (χ1n) is 6.58. The van der Waals surface area contributed by atoms with E-state index in [0.29, 0.717) is 4.47 Å². The molecule has 0 aromatic carbocycles. The van der Waals surface area contributed by atoms with E-state index in [-0.39, 0.29) is 11.4 Å². The molecule has 0 saturated carbocycles. The van der Waals surface area contributed by atoms with Crippen molar-refractivity contribution >= 4 is 28.0 Å². The summed E-state index contributed by atoms with van der Waals surface area (Å²) in [5.41, 5.74) is -1.32. The van der Waals surface area contributed by atoms with Crippen molar-refractivity contribution in [3.63, 3.8) is 0 Å². The maximum Gasteiger partial charge on any atom is 0.412 e. The minimum atomic E-state index is -4.66. The minimum Gasteiger partial charge on any atom is -0.481 e. The molecule has 0 spiro atoms. The van der Waals surface area contributed by atoms with Crippen LogP contribution in [0.2, 0.25) is 0 Å². The van der Waals surface area contributed by atoms with Crippen molar-refractivity contribution in [2.24, 2.45) is 4.99 Å². The molecule has 0 bridgehead atoms. The molecule has 1 aromatic rings. The lowest BCUT2D eigenvalue weighted by Gasteiger charge is -2.38. The Morgan fingerprint density at radius 2 is 2.25 bits per heavy atom. The number of rotatable bonds is 2. The first-order chi connectivity index (χ1) is 11.0. The van der Waals surface area contributed by atoms with Crippen molar-refractivity contribution in [3.05, 3.63) is 22.3 Å². The highest BCUT2D eigenvalue weighted by molar-refractivity contribution is 9.10. The van der Waals surface area contributed by atoms with Gasteiger partial charge in [0.05, 0.1) is 12.7 Å². The highest BCUT2D eigenvalue weighted by Gasteiger charge is 2.50. The van der Waals surface area contributed by atoms with Crippen LogP contribution >= 0.6 is 15.9 Å². The summed E-state index contributed by atoms with van der Waals surface area (Å²) in [6.07, 6.45) is -5.39. The third-order valence-corrected chi connectivity index (χ3v) is 3.78. The number of hydrogen-bond acceptors (Lipinski definition) is 5. The summed E-state index contributed by atoms with van der Waals surface area (Å²) in [5, 5.41) is 10.5. The normalized spacial score (nSPS) is 23.9. The van der Waals surface area contributed by atoms with Crippen LogP contribution in [0.5, 0.6) is 5.88 Å². The van der Waals surface area contributed by atoms with Crippen LogP contribution < -0.4 is 10.1 Å². The number of halogens is 4. The van der Waals surface area contributed by atoms with Gasteiger partial charge in [0, 0.05) is 17.1 Å². The van der Waals surface area contributed by atoms with Gasteiger partial charge < -0.3 is 14.6 Å². The minimum absolute atomic E-state index is 0.0678. The molecule has 0 fully saturated rings. The zero-order chi connectivity index (χ0) is 18.1. The van der Waals surface area contributed by atoms with Crippen molar-refractivity contribution in [1.29, 1.82) is 0 Å². The van der Waals surface area contributed by atoms with Gasteiger partial charge in [0.2, 0.25) is 5.88 Å². The van der Waals surface area contributed by atoms with E-state index in [9.17, 15) is 18.0 Å². The van der Waals surface area contributed by atoms with Gasteiger partial charge in [-0.05, 0) is 28.9 Å². The van der Waals surface area contributed by atoms with Gasteiger partial charge in [-0.2, -0.15) is 13.2 Å². The van der Waals surface area contributed by atoms with Gasteiger partial charge in [0.1, 0.15) is 5.60 Å². The van der Waals surface area contributed by atoms with E-state index in [1.807, 2.05) is 0 Å². The molecule has 2 rings (SSSR count). The monoisotopic (exact) mass is 411 g/mol. The van der Waals surface area contributed by atoms with Gasteiger partial charge in [-0.25, -0.2) is 20.1 Å². The van der Waals surface area contributed by atoms with Crippen molar-refractivity contribution < 1.29 is 32.5 Å². The van der Waals surface area contributed by atoms with Gasteiger partial charge in [0.25, 0.3) is 6.02 Å². The number of methoxy groups -OCH3 is 1. The van der Waals surface area contributed by atoms with E-state index in [1.54, 1.807) is 5.32 Å². The fraction of sp³-hybridized carbons (Fsp3) is 0.462. The number of carbonyl (C=O) groups is 1. The van der Waals surface area contributed by atoms with E-state index in [1.165, 1.54) is 26.3 Å². The molecular weight excluding hydrogens is 399 g/mol. The molecule has 0 aliphatic carbocycles. The lowest BCUT2D eigenvalue weighted by molar-refractivity contribution is -0.164. The largest absolute Gasteiger partial charge is 0.481 e. The Bertz CT molecular complexity index is 683. The number of nitrogens with zero attached hydrogens (tertiary/aromatic N) is 2. The van der Waals surface area contributed by atoms with Crippen molar-refractivity contribution in [2.75, 3.05) is 7.11 Å². The highest BCUT2D eigenvalue weighted by Crippen LogP contribution is 2.43. The summed E-state index contributed by atoms with van der Waals surface area (Å²) < 4.78 is 50.5. The summed E-state index contributed by atoms with van der Waals surface area (Å²) in [6.45, 7) is 1.38. The molecule has 7 nitrogen and oxygen atoms in total. The van der Waals surface area contributed by atoms with Crippen LogP contribution in [-0.4, -0.2) is 41.5 Å². The first kappa shape index (κ1) is 18.3. The van der Waals surface area contributed by atoms with Crippen LogP contribution in [0.15, 0.2) is 21.7 Å². The number of ether oxygens (including phenoxy) is 2. The Hall–Kier alpha value is -2.04. The Kier molecular flexibility index (Phi) is 4.92. The fourth-order valence-corrected chi connectivity index (χ4v) is 2.64. The van der Waals surface area contributed by atoms with Crippen LogP contribution in [-0.2, 0) is 10.3 Å². The molecule has 1 amide bonds. The standard InChI is InChI=1S/C13H13BrF3N3O4/c1-12(7-3-6(14)5-18-9(7)23-2)4-8(13(15,16)17)19-10(24-12)20-11(21)22/h3,5,8H,4H2,1-2H3,(H,19,20)(H,21,22)/t8-,12-/m0/s1. The maximum atomic E-state index is 13.2. The van der Waals surface area contributed by atoms with E-state index < -0.39 is 36.4 Å². The highest BCUT2D eigenvalue weighted by atomic mass is 79.9. The summed E-state index contributed by atoms with van der Waals surface area (Å²) in [7, 11) is 1.32. The lowest BCUT2D eigenvalue weighted by Crippen LogP contribution is -2.48. The second kappa shape index (κ2) is 6.46.